The van der Waals surface area contributed by atoms with Gasteiger partial charge in [0.15, 0.2) is 0 Å². The lowest BCUT2D eigenvalue weighted by atomic mass is 10.5. The molecule has 74 valence electrons. The molecule has 0 saturated heterocycles. The molecule has 5 nitrogen and oxygen atoms in total. The minimum atomic E-state index is -3.49. The van der Waals surface area contributed by atoms with Gasteiger partial charge in [0.05, 0.1) is 5.75 Å². The van der Waals surface area contributed by atoms with Crippen molar-refractivity contribution in [2.45, 2.75) is 13.5 Å². The van der Waals surface area contributed by atoms with Crippen molar-refractivity contribution < 1.29 is 8.42 Å². The lowest BCUT2D eigenvalue weighted by Gasteiger charge is -2.01. The summed E-state index contributed by atoms with van der Waals surface area (Å²) >= 11 is 1.05. The fraction of sp³-hybridized carbons (Fsp3) is 0.500. The average molecular weight is 222 g/mol. The zero-order chi connectivity index (χ0) is 10.1. The van der Waals surface area contributed by atoms with E-state index >= 15 is 0 Å². The molecule has 0 aromatic carbocycles. The summed E-state index contributed by atoms with van der Waals surface area (Å²) in [5.74, 6) is -0.204. The Hall–Kier alpha value is -0.660. The van der Waals surface area contributed by atoms with Crippen molar-refractivity contribution in [3.05, 3.63) is 20.7 Å². The van der Waals surface area contributed by atoms with E-state index < -0.39 is 10.0 Å². The molecule has 2 N–H and O–H groups in total. The Morgan fingerprint density at radius 1 is 1.62 bits per heavy atom. The summed E-state index contributed by atoms with van der Waals surface area (Å²) in [5, 5.41) is 6.50. The van der Waals surface area contributed by atoms with Crippen LogP contribution >= 0.6 is 11.3 Å². The number of thiazole rings is 1. The monoisotopic (exact) mass is 222 g/mol. The van der Waals surface area contributed by atoms with Gasteiger partial charge in [0.25, 0.3) is 0 Å². The lowest BCUT2D eigenvalue weighted by molar-refractivity contribution is 0.588. The summed E-state index contributed by atoms with van der Waals surface area (Å²) in [6.07, 6.45) is 0. The number of sulfonamides is 1. The zero-order valence-electron chi connectivity index (χ0n) is 7.06. The van der Waals surface area contributed by atoms with Crippen molar-refractivity contribution >= 4 is 21.4 Å². The number of hydrogen-bond acceptors (Lipinski definition) is 4. The van der Waals surface area contributed by atoms with Gasteiger partial charge >= 0.3 is 4.87 Å². The highest BCUT2D eigenvalue weighted by Crippen LogP contribution is 1.99. The van der Waals surface area contributed by atoms with Crippen LogP contribution in [-0.2, 0) is 16.6 Å². The molecule has 0 fully saturated rings. The third kappa shape index (κ3) is 2.94. The summed E-state index contributed by atoms with van der Waals surface area (Å²) in [5.41, 5.74) is 0.763. The Labute approximate surface area is 79.9 Å². The fourth-order valence-corrected chi connectivity index (χ4v) is 2.09. The number of aryl methyl sites for hydroxylation is 1. The summed E-state index contributed by atoms with van der Waals surface area (Å²) in [6, 6.07) is 0. The number of nitrogens with zero attached hydrogens (tertiary/aromatic N) is 1. The highest BCUT2D eigenvalue weighted by Gasteiger charge is 2.06. The quantitative estimate of drug-likeness (QED) is 0.749. The smallest absolute Gasteiger partial charge is 0.302 e. The van der Waals surface area contributed by atoms with Crippen molar-refractivity contribution in [1.82, 2.24) is 4.57 Å². The topological polar surface area (TPSA) is 82.2 Å². The number of rotatable bonds is 3. The Morgan fingerprint density at radius 2 is 2.23 bits per heavy atom. The van der Waals surface area contributed by atoms with Crippen LogP contribution in [0.15, 0.2) is 10.2 Å². The van der Waals surface area contributed by atoms with Crippen LogP contribution in [0.1, 0.15) is 5.69 Å². The molecule has 0 unspecified atom stereocenters. The summed E-state index contributed by atoms with van der Waals surface area (Å²) < 4.78 is 22.6. The third-order valence-electron chi connectivity index (χ3n) is 1.58. The van der Waals surface area contributed by atoms with E-state index in [1.165, 1.54) is 4.57 Å². The molecule has 0 aliphatic heterocycles. The van der Waals surface area contributed by atoms with Crippen LogP contribution in [0.4, 0.5) is 0 Å². The van der Waals surface area contributed by atoms with Gasteiger partial charge in [-0.1, -0.05) is 11.3 Å². The molecule has 1 aromatic rings. The molecular weight excluding hydrogens is 212 g/mol. The molecular formula is C6H10N2O3S2. The number of nitrogens with two attached hydrogens (primary N) is 1. The summed E-state index contributed by atoms with van der Waals surface area (Å²) in [4.78, 5) is 11.0. The average Bonchev–Trinajstić information content (AvgIpc) is 2.27. The van der Waals surface area contributed by atoms with Crippen LogP contribution in [0.5, 0.6) is 0 Å². The Balaban J connectivity index is 2.82. The van der Waals surface area contributed by atoms with E-state index in [0.717, 1.165) is 17.0 Å². The van der Waals surface area contributed by atoms with E-state index in [0.29, 0.717) is 0 Å². The molecule has 0 radical (unpaired) electrons. The molecule has 0 amide bonds. The molecule has 0 atom stereocenters. The van der Waals surface area contributed by atoms with Gasteiger partial charge in [-0.3, -0.25) is 4.79 Å². The second kappa shape index (κ2) is 3.60. The van der Waals surface area contributed by atoms with Crippen molar-refractivity contribution in [2.24, 2.45) is 5.14 Å². The predicted octanol–water partition coefficient (Wildman–Crippen LogP) is -0.493. The first kappa shape index (κ1) is 10.4. The van der Waals surface area contributed by atoms with Crippen molar-refractivity contribution in [2.75, 3.05) is 5.75 Å². The predicted molar refractivity (Wildman–Crippen MR) is 51.3 cm³/mol. The largest absolute Gasteiger partial charge is 0.307 e. The Kier molecular flexibility index (Phi) is 2.89. The SMILES string of the molecule is Cc1csc(=O)n1CCS(N)(=O)=O. The van der Waals surface area contributed by atoms with Gasteiger partial charge in [-0.25, -0.2) is 13.6 Å². The zero-order valence-corrected chi connectivity index (χ0v) is 8.69. The van der Waals surface area contributed by atoms with Crippen molar-refractivity contribution in [3.63, 3.8) is 0 Å². The molecule has 1 heterocycles. The van der Waals surface area contributed by atoms with Crippen LogP contribution in [0, 0.1) is 6.92 Å². The van der Waals surface area contributed by atoms with Gasteiger partial charge in [-0.05, 0) is 6.92 Å². The van der Waals surface area contributed by atoms with E-state index in [1.54, 1.807) is 12.3 Å². The Morgan fingerprint density at radius 3 is 2.62 bits per heavy atom. The second-order valence-electron chi connectivity index (χ2n) is 2.66. The Bertz CT molecular complexity index is 443. The van der Waals surface area contributed by atoms with E-state index in [4.69, 9.17) is 5.14 Å². The van der Waals surface area contributed by atoms with Gasteiger partial charge < -0.3 is 4.57 Å². The van der Waals surface area contributed by atoms with Gasteiger partial charge in [0, 0.05) is 17.6 Å². The summed E-state index contributed by atoms with van der Waals surface area (Å²) in [6.45, 7) is 1.88. The molecule has 0 aliphatic carbocycles. The van der Waals surface area contributed by atoms with Crippen LogP contribution in [0.3, 0.4) is 0 Å². The maximum absolute atomic E-state index is 11.1. The lowest BCUT2D eigenvalue weighted by Crippen LogP contribution is -2.24. The first-order valence-electron chi connectivity index (χ1n) is 3.55. The standard InChI is InChI=1S/C6H10N2O3S2/c1-5-4-12-6(9)8(5)2-3-13(7,10)11/h4H,2-3H2,1H3,(H2,7,10,11). The molecule has 1 aromatic heterocycles. The number of hydrogen-bond donors (Lipinski definition) is 1. The summed E-state index contributed by atoms with van der Waals surface area (Å²) in [7, 11) is -3.49. The highest BCUT2D eigenvalue weighted by molar-refractivity contribution is 7.89. The van der Waals surface area contributed by atoms with Gasteiger partial charge in [0.1, 0.15) is 0 Å². The number of aromatic nitrogens is 1. The molecule has 0 aliphatic rings. The van der Waals surface area contributed by atoms with Crippen LogP contribution < -0.4 is 10.0 Å². The first-order chi connectivity index (χ1) is 5.90. The van der Waals surface area contributed by atoms with Crippen molar-refractivity contribution in [3.8, 4) is 0 Å². The maximum Gasteiger partial charge on any atom is 0.307 e. The molecule has 1 rings (SSSR count). The van der Waals surface area contributed by atoms with Gasteiger partial charge in [0.2, 0.25) is 10.0 Å². The fourth-order valence-electron chi connectivity index (χ4n) is 0.893. The first-order valence-corrected chi connectivity index (χ1v) is 6.15. The molecule has 13 heavy (non-hydrogen) atoms. The van der Waals surface area contributed by atoms with E-state index in [2.05, 4.69) is 0 Å². The van der Waals surface area contributed by atoms with Gasteiger partial charge in [-0.15, -0.1) is 0 Å². The molecule has 0 saturated carbocycles. The molecule has 7 heteroatoms. The van der Waals surface area contributed by atoms with Gasteiger partial charge in [-0.2, -0.15) is 0 Å². The van der Waals surface area contributed by atoms with Crippen LogP contribution in [0.25, 0.3) is 0 Å². The second-order valence-corrected chi connectivity index (χ2v) is 5.22. The minimum absolute atomic E-state index is 0.132. The molecule has 0 spiro atoms. The van der Waals surface area contributed by atoms with Crippen LogP contribution in [-0.4, -0.2) is 18.7 Å². The van der Waals surface area contributed by atoms with Crippen molar-refractivity contribution in [1.29, 1.82) is 0 Å². The van der Waals surface area contributed by atoms with E-state index in [9.17, 15) is 13.2 Å². The minimum Gasteiger partial charge on any atom is -0.302 e. The van der Waals surface area contributed by atoms with E-state index in [1.807, 2.05) is 0 Å². The molecule has 0 bridgehead atoms. The van der Waals surface area contributed by atoms with E-state index in [-0.39, 0.29) is 17.2 Å². The third-order valence-corrected chi connectivity index (χ3v) is 3.21. The maximum atomic E-state index is 11.1. The number of primary sulfonamides is 1. The normalized spacial score (nSPS) is 11.8. The van der Waals surface area contributed by atoms with Crippen LogP contribution in [0.2, 0.25) is 0 Å². The highest BCUT2D eigenvalue weighted by atomic mass is 32.2.